The second kappa shape index (κ2) is 1.25. The van der Waals surface area contributed by atoms with Crippen LogP contribution in [0.25, 0.3) is 0 Å². The Morgan fingerprint density at radius 3 is 1.83 bits per heavy atom. The molecule has 0 aromatic heterocycles. The second-order valence-corrected chi connectivity index (χ2v) is 1.46. The third-order valence-electron chi connectivity index (χ3n) is 0.829. The molecule has 1 rings (SSSR count). The average molecular weight is 76.9 g/mol. The molecule has 0 nitrogen and oxygen atoms in total. The van der Waals surface area contributed by atoms with Gasteiger partial charge in [-0.05, 0) is 0 Å². The first kappa shape index (κ1) is 3.60. The van der Waals surface area contributed by atoms with Crippen LogP contribution in [-0.4, -0.2) is 13.0 Å². The maximum Gasteiger partial charge on any atom is -0.0655 e. The highest BCUT2D eigenvalue weighted by atomic mass is 13.8. The van der Waals surface area contributed by atoms with Crippen molar-refractivity contribution in [3.05, 3.63) is 24.3 Å². The van der Waals surface area contributed by atoms with Crippen LogP contribution < -0.4 is 0 Å². The van der Waals surface area contributed by atoms with Crippen LogP contribution in [0.3, 0.4) is 0 Å². The Morgan fingerprint density at radius 2 is 1.67 bits per heavy atom. The molecule has 0 saturated heterocycles. The summed E-state index contributed by atoms with van der Waals surface area (Å²) in [6, 6.07) is 0. The van der Waals surface area contributed by atoms with Crippen molar-refractivity contribution in [1.82, 2.24) is 0 Å². The van der Waals surface area contributed by atoms with E-state index in [4.69, 9.17) is 0 Å². The maximum absolute atomic E-state index is 2.08. The molecule has 0 radical (unpaired) electrons. The summed E-state index contributed by atoms with van der Waals surface area (Å²) in [4.78, 5) is 0. The van der Waals surface area contributed by atoms with Crippen LogP contribution >= 0.6 is 0 Å². The van der Waals surface area contributed by atoms with E-state index in [1.807, 2.05) is 12.2 Å². The predicted octanol–water partition coefficient (Wildman–Crippen LogP) is -0.0821. The van der Waals surface area contributed by atoms with Crippen molar-refractivity contribution in [1.29, 1.82) is 0 Å². The summed E-state index contributed by atoms with van der Waals surface area (Å²) < 4.78 is 0. The normalized spacial score (nSPS) is 17.0. The molecule has 0 aliphatic heterocycles. The summed E-state index contributed by atoms with van der Waals surface area (Å²) in [6.07, 6.45) is 8.24. The molecule has 0 spiro atoms. The summed E-state index contributed by atoms with van der Waals surface area (Å²) in [5.41, 5.74) is 1.34. The Morgan fingerprint density at radius 1 is 1.17 bits per heavy atom. The number of hydrogen-bond acceptors (Lipinski definition) is 0. The third-order valence-corrected chi connectivity index (χ3v) is 0.829. The predicted molar refractivity (Wildman–Crippen MR) is 31.8 cm³/mol. The molecule has 0 unspecified atom stereocenters. The molecule has 0 saturated carbocycles. The highest BCUT2D eigenvalue weighted by molar-refractivity contribution is 6.46. The van der Waals surface area contributed by atoms with E-state index >= 15 is 0 Å². The summed E-state index contributed by atoms with van der Waals surface area (Å²) >= 11 is 0. The lowest BCUT2D eigenvalue weighted by Gasteiger charge is -1.83. The van der Waals surface area contributed by atoms with Gasteiger partial charge >= 0.3 is 0 Å². The van der Waals surface area contributed by atoms with Gasteiger partial charge in [-0.15, -0.1) is 0 Å². The van der Waals surface area contributed by atoms with E-state index < -0.39 is 0 Å². The van der Waals surface area contributed by atoms with Crippen LogP contribution in [0.5, 0.6) is 0 Å². The van der Waals surface area contributed by atoms with Gasteiger partial charge in [-0.2, -0.15) is 7.49 Å². The molecule has 0 heterocycles. The summed E-state index contributed by atoms with van der Waals surface area (Å²) in [7, 11) is 2.08. The van der Waals surface area contributed by atoms with Gasteiger partial charge < -0.3 is 0 Å². The Hall–Kier alpha value is -0.585. The van der Waals surface area contributed by atoms with Crippen molar-refractivity contribution in [2.75, 3.05) is 0 Å². The Labute approximate surface area is 38.3 Å². The maximum atomic E-state index is 2.08. The summed E-state index contributed by atoms with van der Waals surface area (Å²) in [5, 5.41) is 0. The lowest BCUT2D eigenvalue weighted by atomic mass is 10.1. The smallest absolute Gasteiger partial charge is 0.0655 e. The number of allylic oxidation sites excluding steroid dienone is 4. The Kier molecular flexibility index (Phi) is 0.751. The quantitative estimate of drug-likeness (QED) is 0.354. The fourth-order valence-electron chi connectivity index (χ4n) is 0.470. The summed E-state index contributed by atoms with van der Waals surface area (Å²) in [5.74, 6) is 0. The van der Waals surface area contributed by atoms with E-state index in [0.29, 0.717) is 0 Å². The minimum atomic E-state index is 1.34. The van der Waals surface area contributed by atoms with E-state index in [1.54, 1.807) is 0 Å². The first-order valence-electron chi connectivity index (χ1n) is 2.08. The van der Waals surface area contributed by atoms with Gasteiger partial charge in [0, 0.05) is 0 Å². The first-order valence-corrected chi connectivity index (χ1v) is 2.08. The lowest BCUT2D eigenvalue weighted by molar-refractivity contribution is 2.15. The van der Waals surface area contributed by atoms with Crippen LogP contribution in [-0.2, 0) is 0 Å². The van der Waals surface area contributed by atoms with Gasteiger partial charge in [0.05, 0.1) is 0 Å². The third kappa shape index (κ3) is 0.484. The van der Waals surface area contributed by atoms with Crippen molar-refractivity contribution in [2.24, 2.45) is 0 Å². The van der Waals surface area contributed by atoms with E-state index in [0.717, 1.165) is 0 Å². The molecule has 0 bridgehead atoms. The van der Waals surface area contributed by atoms with E-state index in [9.17, 15) is 0 Å². The molecule has 30 valence electrons. The SMILES string of the molecule is [BH2-]=C1C=CC=C1. The van der Waals surface area contributed by atoms with Gasteiger partial charge in [-0.1, -0.05) is 24.3 Å². The van der Waals surface area contributed by atoms with Gasteiger partial charge in [0.25, 0.3) is 0 Å². The Balaban J connectivity index is 2.86. The number of hydrogen-bond donors (Lipinski definition) is 0. The molecule has 1 aliphatic rings. The van der Waals surface area contributed by atoms with E-state index in [-0.39, 0.29) is 0 Å². The zero-order chi connectivity index (χ0) is 4.41. The Bertz CT molecular complexity index is 106. The molecule has 1 aliphatic carbocycles. The van der Waals surface area contributed by atoms with Crippen molar-refractivity contribution in [3.63, 3.8) is 0 Å². The van der Waals surface area contributed by atoms with Crippen molar-refractivity contribution in [3.8, 4) is 0 Å². The molecule has 0 amide bonds. The highest BCUT2D eigenvalue weighted by Crippen LogP contribution is 1.88. The molecular formula is C5H6B-. The van der Waals surface area contributed by atoms with Gasteiger partial charge in [0.2, 0.25) is 0 Å². The second-order valence-electron chi connectivity index (χ2n) is 1.46. The van der Waals surface area contributed by atoms with E-state index in [2.05, 4.69) is 19.6 Å². The van der Waals surface area contributed by atoms with E-state index in [1.165, 1.54) is 5.46 Å². The zero-order valence-corrected chi connectivity index (χ0v) is 3.81. The standard InChI is InChI=1S/C5H6B/c6-5-3-1-2-4-5/h1-4H,6H2/q-1. The number of rotatable bonds is 0. The monoisotopic (exact) mass is 77.1 g/mol. The zero-order valence-electron chi connectivity index (χ0n) is 3.81. The van der Waals surface area contributed by atoms with Crippen LogP contribution in [0, 0.1) is 0 Å². The minimum absolute atomic E-state index is 1.34. The van der Waals surface area contributed by atoms with Crippen LogP contribution in [0.2, 0.25) is 0 Å². The molecular weight excluding hydrogens is 70.9 g/mol. The van der Waals surface area contributed by atoms with Crippen molar-refractivity contribution >= 4 is 13.0 Å². The van der Waals surface area contributed by atoms with Gasteiger partial charge in [0.1, 0.15) is 0 Å². The highest BCUT2D eigenvalue weighted by Gasteiger charge is 1.72. The topological polar surface area (TPSA) is 0 Å². The summed E-state index contributed by atoms with van der Waals surface area (Å²) in [6.45, 7) is 0. The van der Waals surface area contributed by atoms with Gasteiger partial charge in [-0.25, -0.2) is 5.46 Å². The van der Waals surface area contributed by atoms with Gasteiger partial charge in [-0.3, -0.25) is 0 Å². The molecule has 1 heteroatoms. The lowest BCUT2D eigenvalue weighted by Crippen LogP contribution is -1.77. The van der Waals surface area contributed by atoms with Crippen LogP contribution in [0.4, 0.5) is 0 Å². The molecule has 0 aromatic rings. The average Bonchev–Trinajstić information content (AvgIpc) is 1.86. The molecule has 0 atom stereocenters. The molecule has 0 aromatic carbocycles. The van der Waals surface area contributed by atoms with Crippen molar-refractivity contribution in [2.45, 2.75) is 0 Å². The fourth-order valence-corrected chi connectivity index (χ4v) is 0.470. The largest absolute Gasteiger partial charge is 0.241 e. The first-order chi connectivity index (χ1) is 2.89. The minimum Gasteiger partial charge on any atom is -0.241 e. The van der Waals surface area contributed by atoms with Crippen LogP contribution in [0.1, 0.15) is 0 Å². The van der Waals surface area contributed by atoms with Crippen molar-refractivity contribution < 1.29 is 0 Å². The van der Waals surface area contributed by atoms with Gasteiger partial charge in [0.15, 0.2) is 0 Å². The fraction of sp³-hybridized carbons (Fsp3) is 0. The molecule has 6 heavy (non-hydrogen) atoms. The molecule has 0 N–H and O–H groups in total. The van der Waals surface area contributed by atoms with Crippen LogP contribution in [0.15, 0.2) is 24.3 Å². The molecule has 0 fully saturated rings.